The van der Waals surface area contributed by atoms with Crippen molar-refractivity contribution in [2.45, 2.75) is 0 Å². The van der Waals surface area contributed by atoms with Crippen molar-refractivity contribution >= 4 is 33.2 Å². The molecular weight excluding hydrogens is 264 g/mol. The smallest absolute Gasteiger partial charge is 0.00141 e. The fourth-order valence-electron chi connectivity index (χ4n) is 3.44. The first-order valence-corrected chi connectivity index (χ1v) is 7.55. The van der Waals surface area contributed by atoms with Crippen LogP contribution in [0.3, 0.4) is 0 Å². The van der Waals surface area contributed by atoms with Gasteiger partial charge < -0.3 is 0 Å². The van der Waals surface area contributed by atoms with E-state index in [1.165, 1.54) is 43.8 Å². The number of hydrogen-bond acceptors (Lipinski definition) is 0. The monoisotopic (exact) mass is 277 g/mol. The molecule has 0 saturated heterocycles. The summed E-state index contributed by atoms with van der Waals surface area (Å²) in [6.45, 7) is 0. The van der Waals surface area contributed by atoms with Crippen LogP contribution in [0.1, 0.15) is 16.7 Å². The third-order valence-corrected chi connectivity index (χ3v) is 4.48. The zero-order valence-electron chi connectivity index (χ0n) is 12.0. The SMILES string of the molecule is [c]1c(C2=Cc3cccc4cccc2c34)ccc2ccccc12. The average molecular weight is 277 g/mol. The quantitative estimate of drug-likeness (QED) is 0.369. The van der Waals surface area contributed by atoms with Crippen molar-refractivity contribution in [3.8, 4) is 0 Å². The molecule has 101 valence electrons. The molecule has 0 N–H and O–H groups in total. The molecule has 1 aliphatic rings. The number of benzene rings is 4. The standard InChI is InChI=1S/C22H13/c1-2-6-17-13-18(12-11-15(17)5-1)21-14-19-9-3-7-16-8-4-10-20(21)22(16)19/h1-12,14H. The molecule has 0 amide bonds. The van der Waals surface area contributed by atoms with E-state index in [0.29, 0.717) is 0 Å². The van der Waals surface area contributed by atoms with Crippen molar-refractivity contribution in [2.24, 2.45) is 0 Å². The molecule has 0 bridgehead atoms. The zero-order valence-corrected chi connectivity index (χ0v) is 12.0. The normalized spacial score (nSPS) is 12.8. The van der Waals surface area contributed by atoms with Gasteiger partial charge in [0.1, 0.15) is 0 Å². The van der Waals surface area contributed by atoms with Crippen molar-refractivity contribution in [2.75, 3.05) is 0 Å². The largest absolute Gasteiger partial charge is 0.0616 e. The fourth-order valence-corrected chi connectivity index (χ4v) is 3.44. The topological polar surface area (TPSA) is 0 Å². The Kier molecular flexibility index (Phi) is 2.31. The van der Waals surface area contributed by atoms with Crippen LogP contribution in [0.25, 0.3) is 33.2 Å². The van der Waals surface area contributed by atoms with Gasteiger partial charge in [-0.3, -0.25) is 0 Å². The second-order valence-electron chi connectivity index (χ2n) is 5.77. The lowest BCUT2D eigenvalue weighted by molar-refractivity contribution is 1.63. The van der Waals surface area contributed by atoms with Gasteiger partial charge >= 0.3 is 0 Å². The van der Waals surface area contributed by atoms with Crippen LogP contribution in [0, 0.1) is 6.07 Å². The molecule has 0 fully saturated rings. The summed E-state index contributed by atoms with van der Waals surface area (Å²) in [5.41, 5.74) is 5.07. The van der Waals surface area contributed by atoms with E-state index in [1.807, 2.05) is 0 Å². The lowest BCUT2D eigenvalue weighted by Gasteiger charge is -2.07. The van der Waals surface area contributed by atoms with Gasteiger partial charge in [0.25, 0.3) is 0 Å². The molecule has 1 radical (unpaired) electrons. The minimum Gasteiger partial charge on any atom is -0.0616 e. The van der Waals surface area contributed by atoms with E-state index < -0.39 is 0 Å². The van der Waals surface area contributed by atoms with Gasteiger partial charge in [0, 0.05) is 0 Å². The van der Waals surface area contributed by atoms with Crippen LogP contribution in [0.5, 0.6) is 0 Å². The predicted octanol–water partition coefficient (Wildman–Crippen LogP) is 5.70. The maximum atomic E-state index is 3.58. The number of fused-ring (bicyclic) bond motifs is 1. The predicted molar refractivity (Wildman–Crippen MR) is 93.7 cm³/mol. The molecule has 22 heavy (non-hydrogen) atoms. The highest BCUT2D eigenvalue weighted by atomic mass is 14.2. The van der Waals surface area contributed by atoms with Gasteiger partial charge in [-0.15, -0.1) is 0 Å². The van der Waals surface area contributed by atoms with Crippen LogP contribution in [0.2, 0.25) is 0 Å². The van der Waals surface area contributed by atoms with Crippen molar-refractivity contribution < 1.29 is 0 Å². The van der Waals surface area contributed by atoms with Gasteiger partial charge in [-0.2, -0.15) is 0 Å². The molecule has 0 heteroatoms. The molecule has 0 spiro atoms. The Bertz CT molecular complexity index is 1060. The highest BCUT2D eigenvalue weighted by molar-refractivity contribution is 6.13. The molecule has 5 rings (SSSR count). The van der Waals surface area contributed by atoms with Crippen LogP contribution in [-0.2, 0) is 0 Å². The first kappa shape index (κ1) is 11.8. The minimum atomic E-state index is 1.17. The molecule has 0 saturated carbocycles. The molecule has 4 aromatic carbocycles. The Labute approximate surface area is 129 Å². The summed E-state index contributed by atoms with van der Waals surface area (Å²) in [4.78, 5) is 0. The lowest BCUT2D eigenvalue weighted by Crippen LogP contribution is -1.86. The molecule has 0 aliphatic heterocycles. The number of rotatable bonds is 1. The van der Waals surface area contributed by atoms with Gasteiger partial charge in [-0.25, -0.2) is 0 Å². The maximum Gasteiger partial charge on any atom is -0.00141 e. The minimum absolute atomic E-state index is 1.17. The Balaban J connectivity index is 1.78. The molecule has 0 heterocycles. The lowest BCUT2D eigenvalue weighted by atomic mass is 9.96. The Hall–Kier alpha value is -2.86. The van der Waals surface area contributed by atoms with Gasteiger partial charge in [-0.1, -0.05) is 72.8 Å². The van der Waals surface area contributed by atoms with Crippen LogP contribution in [-0.4, -0.2) is 0 Å². The second-order valence-corrected chi connectivity index (χ2v) is 5.77. The number of hydrogen-bond donors (Lipinski definition) is 0. The molecular formula is C22H13. The van der Waals surface area contributed by atoms with E-state index in [2.05, 4.69) is 84.9 Å². The fraction of sp³-hybridized carbons (Fsp3) is 0. The van der Waals surface area contributed by atoms with Crippen LogP contribution >= 0.6 is 0 Å². The second kappa shape index (κ2) is 4.32. The first-order chi connectivity index (χ1) is 10.9. The van der Waals surface area contributed by atoms with Gasteiger partial charge in [-0.05, 0) is 56.0 Å². The van der Waals surface area contributed by atoms with Crippen molar-refractivity contribution in [3.63, 3.8) is 0 Å². The van der Waals surface area contributed by atoms with E-state index in [1.54, 1.807) is 0 Å². The van der Waals surface area contributed by atoms with Crippen molar-refractivity contribution in [3.05, 3.63) is 95.6 Å². The summed E-state index contributed by atoms with van der Waals surface area (Å²) in [7, 11) is 0. The van der Waals surface area contributed by atoms with Gasteiger partial charge in [0.2, 0.25) is 0 Å². The summed E-state index contributed by atoms with van der Waals surface area (Å²) in [5.74, 6) is 0. The molecule has 0 atom stereocenters. The van der Waals surface area contributed by atoms with Crippen LogP contribution in [0.15, 0.2) is 72.8 Å². The molecule has 0 aromatic heterocycles. The van der Waals surface area contributed by atoms with E-state index in [-0.39, 0.29) is 0 Å². The summed E-state index contributed by atoms with van der Waals surface area (Å²) >= 11 is 0. The molecule has 0 nitrogen and oxygen atoms in total. The first-order valence-electron chi connectivity index (χ1n) is 7.55. The van der Waals surface area contributed by atoms with Crippen LogP contribution in [0.4, 0.5) is 0 Å². The summed E-state index contributed by atoms with van der Waals surface area (Å²) in [6, 6.07) is 29.4. The van der Waals surface area contributed by atoms with Gasteiger partial charge in [0.15, 0.2) is 0 Å². The van der Waals surface area contributed by atoms with E-state index in [0.717, 1.165) is 0 Å². The van der Waals surface area contributed by atoms with Crippen molar-refractivity contribution in [1.82, 2.24) is 0 Å². The average Bonchev–Trinajstić information content (AvgIpc) is 2.96. The van der Waals surface area contributed by atoms with Crippen LogP contribution < -0.4 is 0 Å². The van der Waals surface area contributed by atoms with E-state index in [9.17, 15) is 0 Å². The summed E-state index contributed by atoms with van der Waals surface area (Å²) in [5, 5.41) is 5.08. The van der Waals surface area contributed by atoms with E-state index >= 15 is 0 Å². The maximum absolute atomic E-state index is 3.58. The molecule has 0 unspecified atom stereocenters. The summed E-state index contributed by atoms with van der Waals surface area (Å²) in [6.07, 6.45) is 2.29. The Morgan fingerprint density at radius 1 is 0.636 bits per heavy atom. The zero-order chi connectivity index (χ0) is 14.5. The Morgan fingerprint density at radius 2 is 1.45 bits per heavy atom. The molecule has 1 aliphatic carbocycles. The third-order valence-electron chi connectivity index (χ3n) is 4.48. The third kappa shape index (κ3) is 1.58. The summed E-state index contributed by atoms with van der Waals surface area (Å²) < 4.78 is 0. The highest BCUT2D eigenvalue weighted by Crippen LogP contribution is 2.40. The van der Waals surface area contributed by atoms with Crippen molar-refractivity contribution in [1.29, 1.82) is 0 Å². The highest BCUT2D eigenvalue weighted by Gasteiger charge is 2.17. The molecule has 4 aromatic rings. The van der Waals surface area contributed by atoms with Gasteiger partial charge in [0.05, 0.1) is 0 Å². The Morgan fingerprint density at radius 3 is 2.41 bits per heavy atom. The van der Waals surface area contributed by atoms with E-state index in [4.69, 9.17) is 0 Å².